The van der Waals surface area contributed by atoms with Gasteiger partial charge in [0.05, 0.1) is 0 Å². The van der Waals surface area contributed by atoms with Crippen molar-refractivity contribution < 1.29 is 13.2 Å². The van der Waals surface area contributed by atoms with Crippen LogP contribution < -0.4 is 0 Å². The Kier molecular flexibility index (Phi) is 1.81. The zero-order valence-corrected chi connectivity index (χ0v) is 4.33. The van der Waals surface area contributed by atoms with Crippen molar-refractivity contribution >= 4 is 20.5 Å². The van der Waals surface area contributed by atoms with E-state index in [1.807, 2.05) is 0 Å². The van der Waals surface area contributed by atoms with Gasteiger partial charge in [0.25, 0.3) is 0 Å². The summed E-state index contributed by atoms with van der Waals surface area (Å²) >= 11 is 1.73. The van der Waals surface area contributed by atoms with E-state index >= 15 is 0 Å². The van der Waals surface area contributed by atoms with Gasteiger partial charge in [0, 0.05) is 0 Å². The number of hydrogen-bond donors (Lipinski definition) is 0. The van der Waals surface area contributed by atoms with E-state index in [1.165, 1.54) is 0 Å². The summed E-state index contributed by atoms with van der Waals surface area (Å²) in [5.74, 6) is 0. The maximum absolute atomic E-state index is 10.7. The minimum atomic E-state index is -4.14. The van der Waals surface area contributed by atoms with E-state index in [-0.39, 0.29) is 4.92 Å². The molecule has 0 aromatic carbocycles. The Balaban J connectivity index is 3.45. The van der Waals surface area contributed by atoms with Crippen LogP contribution in [-0.4, -0.2) is 26.7 Å². The summed E-state index contributed by atoms with van der Waals surface area (Å²) in [6.07, 6.45) is -4.14. The van der Waals surface area contributed by atoms with Crippen LogP contribution in [0.3, 0.4) is 0 Å². The fourth-order valence-electron chi connectivity index (χ4n) is 0. The Morgan fingerprint density at radius 3 is 1.50 bits per heavy atom. The Morgan fingerprint density at radius 1 is 1.33 bits per heavy atom. The van der Waals surface area contributed by atoms with E-state index in [2.05, 4.69) is 0 Å². The van der Waals surface area contributed by atoms with Crippen molar-refractivity contribution in [2.75, 3.05) is 0 Å². The Labute approximate surface area is 40.7 Å². The van der Waals surface area contributed by atoms with Crippen molar-refractivity contribution in [3.8, 4) is 0 Å². The fourth-order valence-corrected chi connectivity index (χ4v) is 0. The predicted molar refractivity (Wildman–Crippen MR) is 17.9 cm³/mol. The normalized spacial score (nSPS) is 11.2. The van der Waals surface area contributed by atoms with Crippen molar-refractivity contribution in [3.63, 3.8) is 0 Å². The van der Waals surface area contributed by atoms with Crippen molar-refractivity contribution in [2.24, 2.45) is 0 Å². The minimum absolute atomic E-state index is 0.0625. The topological polar surface area (TPSA) is 0 Å². The van der Waals surface area contributed by atoms with E-state index in [0.29, 0.717) is 0 Å². The summed E-state index contributed by atoms with van der Waals surface area (Å²) in [4.78, 5) is 0.0625. The monoisotopic (exact) mass is 162 g/mol. The molecule has 0 nitrogen and oxygen atoms in total. The van der Waals surface area contributed by atoms with Gasteiger partial charge in [-0.1, -0.05) is 0 Å². The standard InChI is InChI=1S/C2HF3Se/c3-2(4,5)1-6/h1H. The van der Waals surface area contributed by atoms with Gasteiger partial charge in [-0.05, 0) is 0 Å². The van der Waals surface area contributed by atoms with Gasteiger partial charge in [0.1, 0.15) is 0 Å². The number of hydrogen-bond acceptors (Lipinski definition) is 0. The van der Waals surface area contributed by atoms with E-state index in [4.69, 9.17) is 0 Å². The van der Waals surface area contributed by atoms with Crippen LogP contribution in [0.4, 0.5) is 13.2 Å². The summed E-state index contributed by atoms with van der Waals surface area (Å²) in [5, 5.41) is 0. The van der Waals surface area contributed by atoms with Crippen LogP contribution in [-0.2, 0) is 0 Å². The molecule has 0 atom stereocenters. The second kappa shape index (κ2) is 1.76. The summed E-state index contributed by atoms with van der Waals surface area (Å²) < 4.78 is 32.1. The van der Waals surface area contributed by atoms with Crippen molar-refractivity contribution in [1.82, 2.24) is 0 Å². The molecule has 0 aliphatic carbocycles. The van der Waals surface area contributed by atoms with Gasteiger partial charge in [0.2, 0.25) is 0 Å². The first-order valence-corrected chi connectivity index (χ1v) is 2.08. The first-order valence-electron chi connectivity index (χ1n) is 1.09. The third kappa shape index (κ3) is 4.18. The van der Waals surface area contributed by atoms with Gasteiger partial charge in [-0.15, -0.1) is 0 Å². The number of halogens is 3. The molecule has 0 saturated heterocycles. The molecule has 0 unspecified atom stereocenters. The fraction of sp³-hybridized carbons (Fsp3) is 0.500. The summed E-state index contributed by atoms with van der Waals surface area (Å²) in [6.45, 7) is 0. The molecule has 0 spiro atoms. The van der Waals surface area contributed by atoms with Gasteiger partial charge in [-0.3, -0.25) is 0 Å². The van der Waals surface area contributed by atoms with Crippen LogP contribution in [0.1, 0.15) is 0 Å². The van der Waals surface area contributed by atoms with E-state index in [0.717, 1.165) is 0 Å². The molecular weight excluding hydrogens is 160 g/mol. The van der Waals surface area contributed by atoms with Crippen LogP contribution in [0.15, 0.2) is 0 Å². The third-order valence-corrected chi connectivity index (χ3v) is 0.694. The zero-order chi connectivity index (χ0) is 5.21. The number of alkyl halides is 3. The van der Waals surface area contributed by atoms with Gasteiger partial charge in [0.15, 0.2) is 0 Å². The molecule has 0 aromatic heterocycles. The van der Waals surface area contributed by atoms with Crippen molar-refractivity contribution in [1.29, 1.82) is 0 Å². The first-order chi connectivity index (χ1) is 2.56. The maximum atomic E-state index is 10.7. The van der Waals surface area contributed by atoms with E-state index < -0.39 is 6.18 Å². The summed E-state index contributed by atoms with van der Waals surface area (Å²) in [7, 11) is 0. The van der Waals surface area contributed by atoms with Crippen LogP contribution in [0.5, 0.6) is 0 Å². The van der Waals surface area contributed by atoms with Crippen LogP contribution in [0, 0.1) is 0 Å². The van der Waals surface area contributed by atoms with Crippen molar-refractivity contribution in [2.45, 2.75) is 6.18 Å². The zero-order valence-electron chi connectivity index (χ0n) is 2.62. The van der Waals surface area contributed by atoms with Gasteiger partial charge < -0.3 is 0 Å². The Morgan fingerprint density at radius 2 is 1.50 bits per heavy atom. The predicted octanol–water partition coefficient (Wildman–Crippen LogP) is 0.519. The third-order valence-electron chi connectivity index (χ3n) is 0.134. The first kappa shape index (κ1) is 6.18. The Bertz CT molecular complexity index is 54.3. The van der Waals surface area contributed by atoms with Crippen molar-refractivity contribution in [3.05, 3.63) is 0 Å². The van der Waals surface area contributed by atoms with Gasteiger partial charge in [-0.25, -0.2) is 0 Å². The molecule has 6 heavy (non-hydrogen) atoms. The molecule has 0 aromatic rings. The summed E-state index contributed by atoms with van der Waals surface area (Å²) in [5.41, 5.74) is 0. The molecule has 0 saturated carbocycles. The molecule has 0 N–H and O–H groups in total. The average Bonchev–Trinajstić information content (AvgIpc) is 1.35. The number of rotatable bonds is 0. The second-order valence-electron chi connectivity index (χ2n) is 0.659. The molecule has 0 aliphatic heterocycles. The molecule has 0 radical (unpaired) electrons. The average molecular weight is 161 g/mol. The second-order valence-corrected chi connectivity index (χ2v) is 1.15. The molecular formula is C2HF3Se. The quantitative estimate of drug-likeness (QED) is 0.454. The molecule has 0 bridgehead atoms. The SMILES string of the molecule is FC(F)(F)C=[Se]. The molecule has 0 aliphatic rings. The van der Waals surface area contributed by atoms with Crippen LogP contribution in [0.2, 0.25) is 0 Å². The summed E-state index contributed by atoms with van der Waals surface area (Å²) in [6, 6.07) is 0. The van der Waals surface area contributed by atoms with E-state index in [1.54, 1.807) is 15.6 Å². The van der Waals surface area contributed by atoms with Crippen LogP contribution in [0.25, 0.3) is 0 Å². The molecule has 0 rings (SSSR count). The molecule has 0 fully saturated rings. The van der Waals surface area contributed by atoms with Gasteiger partial charge >= 0.3 is 39.8 Å². The van der Waals surface area contributed by atoms with Gasteiger partial charge in [-0.2, -0.15) is 0 Å². The molecule has 36 valence electrons. The molecule has 4 heteroatoms. The molecule has 0 heterocycles. The van der Waals surface area contributed by atoms with Crippen LogP contribution >= 0.6 is 0 Å². The van der Waals surface area contributed by atoms with E-state index in [9.17, 15) is 13.2 Å². The Hall–Kier alpha value is 0.179. The molecule has 0 amide bonds.